The molecular weight excluding hydrogens is 223 g/mol. The molecule has 0 bridgehead atoms. The van der Waals surface area contributed by atoms with Crippen LogP contribution in [0.1, 0.15) is 16.1 Å². The second kappa shape index (κ2) is 4.69. The first kappa shape index (κ1) is 11.2. The van der Waals surface area contributed by atoms with Gasteiger partial charge in [-0.2, -0.15) is 0 Å². The molecule has 0 aliphatic carbocycles. The molecule has 0 saturated carbocycles. The number of nitrogens with two attached hydrogens (primary N) is 1. The number of benzene rings is 1. The van der Waals surface area contributed by atoms with Crippen molar-refractivity contribution in [1.29, 1.82) is 0 Å². The molecule has 2 aromatic rings. The fourth-order valence-corrected chi connectivity index (χ4v) is 1.35. The minimum absolute atomic E-state index is 0.157. The number of carbonyl (C=O) groups is 1. The van der Waals surface area contributed by atoms with Crippen molar-refractivity contribution in [2.24, 2.45) is 0 Å². The van der Waals surface area contributed by atoms with E-state index in [1.54, 1.807) is 12.1 Å². The molecule has 0 fully saturated rings. The summed E-state index contributed by atoms with van der Waals surface area (Å²) in [5.74, 6) is -0.313. The molecule has 1 aromatic heterocycles. The van der Waals surface area contributed by atoms with Crippen molar-refractivity contribution in [1.82, 2.24) is 5.32 Å². The molecule has 0 saturated heterocycles. The lowest BCUT2D eigenvalue weighted by molar-refractivity contribution is 0.0924. The van der Waals surface area contributed by atoms with E-state index in [9.17, 15) is 9.18 Å². The van der Waals surface area contributed by atoms with Gasteiger partial charge in [-0.15, -0.1) is 0 Å². The second-order valence-corrected chi connectivity index (χ2v) is 3.51. The van der Waals surface area contributed by atoms with Crippen LogP contribution in [0, 0.1) is 5.82 Å². The van der Waals surface area contributed by atoms with Gasteiger partial charge in [0, 0.05) is 12.6 Å². The van der Waals surface area contributed by atoms with Crippen molar-refractivity contribution in [3.63, 3.8) is 0 Å². The quantitative estimate of drug-likeness (QED) is 0.852. The molecule has 2 rings (SSSR count). The fourth-order valence-electron chi connectivity index (χ4n) is 1.35. The van der Waals surface area contributed by atoms with E-state index in [2.05, 4.69) is 5.32 Å². The zero-order valence-electron chi connectivity index (χ0n) is 8.94. The third-order valence-corrected chi connectivity index (χ3v) is 2.22. The van der Waals surface area contributed by atoms with Crippen LogP contribution in [-0.2, 0) is 6.54 Å². The Morgan fingerprint density at radius 3 is 2.53 bits per heavy atom. The SMILES string of the molecule is Nc1ccc(C(=O)NCc2ccc(F)cc2)o1. The number of amides is 1. The molecule has 5 heteroatoms. The number of halogens is 1. The van der Waals surface area contributed by atoms with Crippen molar-refractivity contribution in [3.8, 4) is 0 Å². The molecule has 4 nitrogen and oxygen atoms in total. The van der Waals surface area contributed by atoms with Gasteiger partial charge in [0.25, 0.3) is 5.91 Å². The lowest BCUT2D eigenvalue weighted by Crippen LogP contribution is -2.22. The van der Waals surface area contributed by atoms with Gasteiger partial charge in [0.05, 0.1) is 0 Å². The maximum Gasteiger partial charge on any atom is 0.287 e. The molecule has 17 heavy (non-hydrogen) atoms. The van der Waals surface area contributed by atoms with Crippen molar-refractivity contribution >= 4 is 11.8 Å². The first-order chi connectivity index (χ1) is 8.15. The summed E-state index contributed by atoms with van der Waals surface area (Å²) in [4.78, 5) is 11.6. The number of hydrogen-bond donors (Lipinski definition) is 2. The van der Waals surface area contributed by atoms with E-state index < -0.39 is 0 Å². The van der Waals surface area contributed by atoms with Crippen molar-refractivity contribution in [2.75, 3.05) is 5.73 Å². The summed E-state index contributed by atoms with van der Waals surface area (Å²) in [5.41, 5.74) is 6.16. The lowest BCUT2D eigenvalue weighted by atomic mass is 10.2. The zero-order chi connectivity index (χ0) is 12.3. The van der Waals surface area contributed by atoms with E-state index in [-0.39, 0.29) is 23.4 Å². The van der Waals surface area contributed by atoms with Crippen molar-refractivity contribution in [2.45, 2.75) is 6.54 Å². The van der Waals surface area contributed by atoms with Crippen LogP contribution in [0.3, 0.4) is 0 Å². The molecule has 88 valence electrons. The van der Waals surface area contributed by atoms with E-state index in [1.807, 2.05) is 0 Å². The van der Waals surface area contributed by atoms with Crippen LogP contribution in [-0.4, -0.2) is 5.91 Å². The smallest absolute Gasteiger partial charge is 0.287 e. The minimum Gasteiger partial charge on any atom is -0.436 e. The third-order valence-electron chi connectivity index (χ3n) is 2.22. The van der Waals surface area contributed by atoms with Crippen LogP contribution in [0.4, 0.5) is 10.3 Å². The zero-order valence-corrected chi connectivity index (χ0v) is 8.94. The van der Waals surface area contributed by atoms with E-state index in [4.69, 9.17) is 10.2 Å². The minimum atomic E-state index is -0.356. The van der Waals surface area contributed by atoms with E-state index in [1.165, 1.54) is 24.3 Å². The summed E-state index contributed by atoms with van der Waals surface area (Å²) >= 11 is 0. The number of nitrogen functional groups attached to an aromatic ring is 1. The van der Waals surface area contributed by atoms with Gasteiger partial charge < -0.3 is 15.5 Å². The average Bonchev–Trinajstić information content (AvgIpc) is 2.75. The van der Waals surface area contributed by atoms with Gasteiger partial charge in [-0.25, -0.2) is 4.39 Å². The first-order valence-electron chi connectivity index (χ1n) is 5.03. The highest BCUT2D eigenvalue weighted by atomic mass is 19.1. The summed E-state index contributed by atoms with van der Waals surface area (Å²) in [5, 5.41) is 2.64. The monoisotopic (exact) mass is 234 g/mol. The summed E-state index contributed by atoms with van der Waals surface area (Å²) < 4.78 is 17.6. The Morgan fingerprint density at radius 2 is 1.94 bits per heavy atom. The summed E-state index contributed by atoms with van der Waals surface area (Å²) in [6.45, 7) is 0.305. The molecule has 1 amide bonds. The molecule has 1 aromatic carbocycles. The Balaban J connectivity index is 1.94. The number of anilines is 1. The van der Waals surface area contributed by atoms with Gasteiger partial charge in [0.2, 0.25) is 0 Å². The van der Waals surface area contributed by atoms with Crippen LogP contribution in [0.25, 0.3) is 0 Å². The molecule has 0 spiro atoms. The highest BCUT2D eigenvalue weighted by molar-refractivity contribution is 5.91. The van der Waals surface area contributed by atoms with Crippen LogP contribution < -0.4 is 11.1 Å². The fraction of sp³-hybridized carbons (Fsp3) is 0.0833. The molecule has 0 aliphatic rings. The number of furan rings is 1. The first-order valence-corrected chi connectivity index (χ1v) is 5.03. The van der Waals surface area contributed by atoms with E-state index in [0.717, 1.165) is 5.56 Å². The summed E-state index contributed by atoms with van der Waals surface area (Å²) in [7, 11) is 0. The average molecular weight is 234 g/mol. The molecule has 1 heterocycles. The Morgan fingerprint density at radius 1 is 1.24 bits per heavy atom. The Kier molecular flexibility index (Phi) is 3.09. The van der Waals surface area contributed by atoms with Crippen LogP contribution in [0.15, 0.2) is 40.8 Å². The number of hydrogen-bond acceptors (Lipinski definition) is 3. The predicted octanol–water partition coefficient (Wildman–Crippen LogP) is 1.93. The second-order valence-electron chi connectivity index (χ2n) is 3.51. The maximum atomic E-state index is 12.6. The van der Waals surface area contributed by atoms with Crippen molar-refractivity contribution in [3.05, 3.63) is 53.5 Å². The molecule has 0 radical (unpaired) electrons. The van der Waals surface area contributed by atoms with Crippen molar-refractivity contribution < 1.29 is 13.6 Å². The van der Waals surface area contributed by atoms with Gasteiger partial charge in [0.15, 0.2) is 11.6 Å². The standard InChI is InChI=1S/C12H11FN2O2/c13-9-3-1-8(2-4-9)7-15-12(16)10-5-6-11(14)17-10/h1-6H,7,14H2,(H,15,16). The van der Waals surface area contributed by atoms with Gasteiger partial charge in [-0.1, -0.05) is 12.1 Å². The van der Waals surface area contributed by atoms with Gasteiger partial charge in [0.1, 0.15) is 5.82 Å². The normalized spacial score (nSPS) is 10.2. The molecular formula is C12H11FN2O2. The predicted molar refractivity (Wildman–Crippen MR) is 60.7 cm³/mol. The largest absolute Gasteiger partial charge is 0.436 e. The Bertz CT molecular complexity index is 520. The van der Waals surface area contributed by atoms with Crippen LogP contribution >= 0.6 is 0 Å². The number of rotatable bonds is 3. The molecule has 0 aliphatic heterocycles. The number of carbonyl (C=O) groups excluding carboxylic acids is 1. The molecule has 0 unspecified atom stereocenters. The van der Waals surface area contributed by atoms with Gasteiger partial charge in [-0.05, 0) is 23.8 Å². The third kappa shape index (κ3) is 2.84. The van der Waals surface area contributed by atoms with Crippen LogP contribution in [0.5, 0.6) is 0 Å². The molecule has 3 N–H and O–H groups in total. The topological polar surface area (TPSA) is 68.3 Å². The van der Waals surface area contributed by atoms with Gasteiger partial charge >= 0.3 is 0 Å². The summed E-state index contributed by atoms with van der Waals surface area (Å²) in [6, 6.07) is 8.89. The summed E-state index contributed by atoms with van der Waals surface area (Å²) in [6.07, 6.45) is 0. The highest BCUT2D eigenvalue weighted by Crippen LogP contribution is 2.09. The highest BCUT2D eigenvalue weighted by Gasteiger charge is 2.09. The number of nitrogens with one attached hydrogen (secondary N) is 1. The van der Waals surface area contributed by atoms with E-state index >= 15 is 0 Å². The lowest BCUT2D eigenvalue weighted by Gasteiger charge is -2.03. The van der Waals surface area contributed by atoms with Crippen LogP contribution in [0.2, 0.25) is 0 Å². The Labute approximate surface area is 97.2 Å². The maximum absolute atomic E-state index is 12.6. The van der Waals surface area contributed by atoms with E-state index in [0.29, 0.717) is 6.54 Å². The van der Waals surface area contributed by atoms with Gasteiger partial charge in [-0.3, -0.25) is 4.79 Å². The Hall–Kier alpha value is -2.30. The molecule has 0 atom stereocenters.